The van der Waals surface area contributed by atoms with Gasteiger partial charge in [0.15, 0.2) is 0 Å². The zero-order valence-electron chi connectivity index (χ0n) is 16.9. The van der Waals surface area contributed by atoms with E-state index in [1.807, 2.05) is 18.2 Å². The van der Waals surface area contributed by atoms with Crippen molar-refractivity contribution in [2.75, 3.05) is 0 Å². The number of hydrogen-bond donors (Lipinski definition) is 0. The number of fused-ring (bicyclic) bond motifs is 4. The molecule has 6 aromatic rings. The number of aryl methyl sites for hydroxylation is 1. The lowest BCUT2D eigenvalue weighted by Crippen LogP contribution is -1.92. The van der Waals surface area contributed by atoms with Crippen molar-refractivity contribution in [2.45, 2.75) is 6.92 Å². The Morgan fingerprint density at radius 2 is 1.55 bits per heavy atom. The molecular formula is C28H18BrNO. The summed E-state index contributed by atoms with van der Waals surface area (Å²) in [6, 6.07) is 31.5. The van der Waals surface area contributed by atoms with Gasteiger partial charge in [0.2, 0.25) is 0 Å². The molecule has 0 unspecified atom stereocenters. The summed E-state index contributed by atoms with van der Waals surface area (Å²) in [5.41, 5.74) is 7.08. The van der Waals surface area contributed by atoms with Crippen molar-refractivity contribution in [3.63, 3.8) is 0 Å². The maximum absolute atomic E-state index is 6.20. The van der Waals surface area contributed by atoms with E-state index in [0.29, 0.717) is 0 Å². The summed E-state index contributed by atoms with van der Waals surface area (Å²) in [5, 5.41) is 4.52. The molecule has 2 aromatic heterocycles. The smallest absolute Gasteiger partial charge is 0.136 e. The molecule has 0 aliphatic heterocycles. The minimum Gasteiger partial charge on any atom is -0.456 e. The Balaban J connectivity index is 1.73. The summed E-state index contributed by atoms with van der Waals surface area (Å²) in [4.78, 5) is 5.19. The quantitative estimate of drug-likeness (QED) is 0.257. The second-order valence-electron chi connectivity index (χ2n) is 7.87. The summed E-state index contributed by atoms with van der Waals surface area (Å²) in [7, 11) is 0. The molecule has 0 radical (unpaired) electrons. The second kappa shape index (κ2) is 7.07. The number of hydrogen-bond acceptors (Lipinski definition) is 2. The van der Waals surface area contributed by atoms with E-state index in [1.165, 1.54) is 5.39 Å². The number of benzene rings is 4. The Labute approximate surface area is 188 Å². The number of nitrogens with zero attached hydrogens (tertiary/aromatic N) is 1. The minimum atomic E-state index is 0.883. The Morgan fingerprint density at radius 3 is 2.42 bits per heavy atom. The molecule has 2 nitrogen and oxygen atoms in total. The van der Waals surface area contributed by atoms with Crippen LogP contribution >= 0.6 is 15.9 Å². The zero-order valence-corrected chi connectivity index (χ0v) is 18.5. The number of halogens is 1. The highest BCUT2D eigenvalue weighted by Crippen LogP contribution is 2.40. The first-order valence-electron chi connectivity index (χ1n) is 10.3. The molecule has 4 aromatic carbocycles. The van der Waals surface area contributed by atoms with Crippen LogP contribution in [-0.2, 0) is 0 Å². The lowest BCUT2D eigenvalue weighted by molar-refractivity contribution is 0.668. The van der Waals surface area contributed by atoms with E-state index in [0.717, 1.165) is 59.9 Å². The Kier molecular flexibility index (Phi) is 4.18. The van der Waals surface area contributed by atoms with Gasteiger partial charge in [0.25, 0.3) is 0 Å². The zero-order chi connectivity index (χ0) is 20.9. The molecule has 0 saturated carbocycles. The maximum atomic E-state index is 6.20. The molecule has 0 spiro atoms. The van der Waals surface area contributed by atoms with Crippen LogP contribution in [0.15, 0.2) is 99.9 Å². The topological polar surface area (TPSA) is 26.0 Å². The fourth-order valence-electron chi connectivity index (χ4n) is 4.37. The van der Waals surface area contributed by atoms with E-state index < -0.39 is 0 Å². The molecular weight excluding hydrogens is 446 g/mol. The highest BCUT2D eigenvalue weighted by atomic mass is 79.9. The van der Waals surface area contributed by atoms with Gasteiger partial charge in [0, 0.05) is 31.8 Å². The number of rotatable bonds is 2. The molecule has 6 rings (SSSR count). The van der Waals surface area contributed by atoms with Crippen LogP contribution < -0.4 is 0 Å². The second-order valence-corrected chi connectivity index (χ2v) is 8.79. The fraction of sp³-hybridized carbons (Fsp3) is 0.0357. The molecule has 31 heavy (non-hydrogen) atoms. The minimum absolute atomic E-state index is 0.883. The summed E-state index contributed by atoms with van der Waals surface area (Å²) in [6.07, 6.45) is 0. The third-order valence-corrected chi connectivity index (χ3v) is 6.23. The normalized spacial score (nSPS) is 11.5. The molecule has 0 N–H and O–H groups in total. The standard InChI is InChI=1S/C28H18BrNO/c1-17-13-22(27-23-16-20(29)11-12-25(23)31-26(27)14-17)24-15-19-9-5-6-10-21(19)28(30-24)18-7-3-2-4-8-18/h2-16H,1H3. The highest BCUT2D eigenvalue weighted by molar-refractivity contribution is 9.10. The van der Waals surface area contributed by atoms with Crippen molar-refractivity contribution in [2.24, 2.45) is 0 Å². The van der Waals surface area contributed by atoms with Crippen LogP contribution in [0.25, 0.3) is 55.2 Å². The van der Waals surface area contributed by atoms with E-state index in [-0.39, 0.29) is 0 Å². The van der Waals surface area contributed by atoms with Crippen molar-refractivity contribution in [1.82, 2.24) is 4.98 Å². The van der Waals surface area contributed by atoms with Crippen molar-refractivity contribution >= 4 is 48.6 Å². The van der Waals surface area contributed by atoms with Crippen LogP contribution in [0.3, 0.4) is 0 Å². The van der Waals surface area contributed by atoms with Crippen LogP contribution in [-0.4, -0.2) is 4.98 Å². The van der Waals surface area contributed by atoms with Crippen LogP contribution in [0, 0.1) is 6.92 Å². The molecule has 0 atom stereocenters. The molecule has 0 saturated heterocycles. The number of furan rings is 1. The van der Waals surface area contributed by atoms with E-state index in [9.17, 15) is 0 Å². The van der Waals surface area contributed by atoms with E-state index in [2.05, 4.69) is 95.7 Å². The van der Waals surface area contributed by atoms with E-state index in [1.54, 1.807) is 0 Å². The van der Waals surface area contributed by atoms with Crippen LogP contribution in [0.1, 0.15) is 5.56 Å². The Morgan fingerprint density at radius 1 is 0.742 bits per heavy atom. The first-order valence-corrected chi connectivity index (χ1v) is 11.0. The number of aromatic nitrogens is 1. The van der Waals surface area contributed by atoms with Crippen molar-refractivity contribution in [3.05, 3.63) is 101 Å². The van der Waals surface area contributed by atoms with Gasteiger partial charge in [-0.3, -0.25) is 0 Å². The molecule has 0 aliphatic rings. The Bertz CT molecular complexity index is 1600. The van der Waals surface area contributed by atoms with E-state index >= 15 is 0 Å². The van der Waals surface area contributed by atoms with Gasteiger partial charge in [-0.2, -0.15) is 0 Å². The molecule has 3 heteroatoms. The average molecular weight is 464 g/mol. The summed E-state index contributed by atoms with van der Waals surface area (Å²) >= 11 is 3.62. The Hall–Kier alpha value is -3.43. The van der Waals surface area contributed by atoms with Crippen LogP contribution in [0.5, 0.6) is 0 Å². The van der Waals surface area contributed by atoms with Gasteiger partial charge < -0.3 is 4.42 Å². The van der Waals surface area contributed by atoms with Gasteiger partial charge in [-0.05, 0) is 54.3 Å². The van der Waals surface area contributed by atoms with Gasteiger partial charge in [0.05, 0.1) is 11.4 Å². The van der Waals surface area contributed by atoms with Crippen molar-refractivity contribution in [3.8, 4) is 22.5 Å². The first-order chi connectivity index (χ1) is 15.2. The largest absolute Gasteiger partial charge is 0.456 e. The summed E-state index contributed by atoms with van der Waals surface area (Å²) in [5.74, 6) is 0. The van der Waals surface area contributed by atoms with Gasteiger partial charge in [-0.1, -0.05) is 70.5 Å². The number of pyridine rings is 1. The molecule has 0 aliphatic carbocycles. The lowest BCUT2D eigenvalue weighted by atomic mass is 9.97. The molecule has 0 fully saturated rings. The SMILES string of the molecule is Cc1cc(-c2cc3ccccc3c(-c3ccccc3)n2)c2c(c1)oc1ccc(Br)cc12. The third kappa shape index (κ3) is 3.05. The summed E-state index contributed by atoms with van der Waals surface area (Å²) < 4.78 is 7.24. The highest BCUT2D eigenvalue weighted by Gasteiger charge is 2.17. The molecule has 0 amide bonds. The molecule has 0 bridgehead atoms. The third-order valence-electron chi connectivity index (χ3n) is 5.74. The fourth-order valence-corrected chi connectivity index (χ4v) is 4.73. The first kappa shape index (κ1) is 18.3. The summed E-state index contributed by atoms with van der Waals surface area (Å²) in [6.45, 7) is 2.10. The van der Waals surface area contributed by atoms with Gasteiger partial charge in [-0.25, -0.2) is 4.98 Å². The van der Waals surface area contributed by atoms with Gasteiger partial charge in [-0.15, -0.1) is 0 Å². The van der Waals surface area contributed by atoms with Crippen molar-refractivity contribution < 1.29 is 4.42 Å². The van der Waals surface area contributed by atoms with Gasteiger partial charge in [0.1, 0.15) is 11.2 Å². The average Bonchev–Trinajstić information content (AvgIpc) is 3.15. The predicted molar refractivity (Wildman–Crippen MR) is 132 cm³/mol. The molecule has 148 valence electrons. The maximum Gasteiger partial charge on any atom is 0.136 e. The molecule has 2 heterocycles. The van der Waals surface area contributed by atoms with Crippen molar-refractivity contribution in [1.29, 1.82) is 0 Å². The van der Waals surface area contributed by atoms with Crippen LogP contribution in [0.4, 0.5) is 0 Å². The van der Waals surface area contributed by atoms with Crippen LogP contribution in [0.2, 0.25) is 0 Å². The van der Waals surface area contributed by atoms with Gasteiger partial charge >= 0.3 is 0 Å². The predicted octanol–water partition coefficient (Wildman–Crippen LogP) is 8.54. The van der Waals surface area contributed by atoms with E-state index in [4.69, 9.17) is 9.40 Å². The monoisotopic (exact) mass is 463 g/mol. The lowest BCUT2D eigenvalue weighted by Gasteiger charge is -2.11.